The summed E-state index contributed by atoms with van der Waals surface area (Å²) in [5.41, 5.74) is 0. The third kappa shape index (κ3) is 4.28. The van der Waals surface area contributed by atoms with Crippen molar-refractivity contribution in [1.82, 2.24) is 10.2 Å². The molecule has 1 heterocycles. The summed E-state index contributed by atoms with van der Waals surface area (Å²) in [6.45, 7) is 0.939. The van der Waals surface area contributed by atoms with Gasteiger partial charge in [0, 0.05) is 27.1 Å². The minimum absolute atomic E-state index is 0.0446. The maximum absolute atomic E-state index is 11.2. The Morgan fingerprint density at radius 2 is 2.12 bits per heavy atom. The maximum Gasteiger partial charge on any atom is 0.371 e. The summed E-state index contributed by atoms with van der Waals surface area (Å²) in [6, 6.07) is 3.01. The van der Waals surface area contributed by atoms with Crippen molar-refractivity contribution >= 4 is 11.9 Å². The molecule has 0 unspecified atom stereocenters. The molecule has 1 rings (SSSR count). The highest BCUT2D eigenvalue weighted by Gasteiger charge is 2.08. The minimum Gasteiger partial charge on any atom is -0.475 e. The molecule has 1 amide bonds. The van der Waals surface area contributed by atoms with Crippen LogP contribution in [0.3, 0.4) is 0 Å². The topological polar surface area (TPSA) is 82.8 Å². The number of carbonyl (C=O) groups is 2. The number of furan rings is 1. The molecule has 0 aromatic carbocycles. The predicted molar refractivity (Wildman–Crippen MR) is 60.7 cm³/mol. The van der Waals surface area contributed by atoms with E-state index in [1.807, 2.05) is 0 Å². The second-order valence-electron chi connectivity index (χ2n) is 3.79. The number of hydrogen-bond donors (Lipinski definition) is 2. The Bertz CT molecular complexity index is 398. The zero-order valence-corrected chi connectivity index (χ0v) is 9.90. The van der Waals surface area contributed by atoms with Gasteiger partial charge in [-0.05, 0) is 12.1 Å². The van der Waals surface area contributed by atoms with Crippen molar-refractivity contribution in [2.24, 2.45) is 0 Å². The fraction of sp³-hybridized carbons (Fsp3) is 0.455. The summed E-state index contributed by atoms with van der Waals surface area (Å²) in [6.07, 6.45) is 0.402. The monoisotopic (exact) mass is 240 g/mol. The number of carboxylic acid groups (broad SMARTS) is 1. The fourth-order valence-corrected chi connectivity index (χ4v) is 1.22. The molecule has 0 saturated heterocycles. The van der Waals surface area contributed by atoms with Gasteiger partial charge in [-0.25, -0.2) is 4.79 Å². The third-order valence-electron chi connectivity index (χ3n) is 2.19. The van der Waals surface area contributed by atoms with Crippen molar-refractivity contribution in [2.45, 2.75) is 13.0 Å². The first-order valence-electron chi connectivity index (χ1n) is 5.23. The minimum atomic E-state index is -1.08. The van der Waals surface area contributed by atoms with Gasteiger partial charge in [-0.15, -0.1) is 0 Å². The van der Waals surface area contributed by atoms with Crippen LogP contribution in [0, 0.1) is 0 Å². The Labute approximate surface area is 99.2 Å². The van der Waals surface area contributed by atoms with Gasteiger partial charge in [0.2, 0.25) is 11.7 Å². The molecular weight excluding hydrogens is 224 g/mol. The van der Waals surface area contributed by atoms with E-state index in [-0.39, 0.29) is 11.7 Å². The molecule has 0 atom stereocenters. The number of carbonyl (C=O) groups excluding carboxylic acids is 1. The normalized spacial score (nSPS) is 10.2. The molecule has 94 valence electrons. The zero-order valence-electron chi connectivity index (χ0n) is 9.90. The summed E-state index contributed by atoms with van der Waals surface area (Å²) in [5, 5.41) is 11.6. The van der Waals surface area contributed by atoms with Crippen LogP contribution in [-0.2, 0) is 11.3 Å². The number of carboxylic acids is 1. The number of nitrogens with zero attached hydrogens (tertiary/aromatic N) is 1. The molecule has 1 aromatic heterocycles. The number of nitrogens with one attached hydrogen (secondary N) is 1. The van der Waals surface area contributed by atoms with Crippen molar-refractivity contribution in [3.8, 4) is 0 Å². The van der Waals surface area contributed by atoms with E-state index in [9.17, 15) is 9.59 Å². The molecule has 0 aliphatic rings. The Kier molecular flexibility index (Phi) is 4.71. The molecule has 0 bridgehead atoms. The Morgan fingerprint density at radius 3 is 2.65 bits per heavy atom. The van der Waals surface area contributed by atoms with E-state index in [1.165, 1.54) is 11.0 Å². The Morgan fingerprint density at radius 1 is 1.41 bits per heavy atom. The van der Waals surface area contributed by atoms with Gasteiger partial charge >= 0.3 is 5.97 Å². The van der Waals surface area contributed by atoms with E-state index in [0.717, 1.165) is 0 Å². The van der Waals surface area contributed by atoms with E-state index >= 15 is 0 Å². The number of hydrogen-bond acceptors (Lipinski definition) is 4. The molecule has 0 spiro atoms. The van der Waals surface area contributed by atoms with Gasteiger partial charge in [-0.2, -0.15) is 0 Å². The van der Waals surface area contributed by atoms with Gasteiger partial charge < -0.3 is 19.7 Å². The van der Waals surface area contributed by atoms with Crippen molar-refractivity contribution in [3.63, 3.8) is 0 Å². The first-order chi connectivity index (χ1) is 8.00. The van der Waals surface area contributed by atoms with Crippen molar-refractivity contribution in [1.29, 1.82) is 0 Å². The molecule has 6 nitrogen and oxygen atoms in total. The molecule has 2 N–H and O–H groups in total. The molecule has 1 aromatic rings. The van der Waals surface area contributed by atoms with Crippen LogP contribution in [0.1, 0.15) is 22.7 Å². The van der Waals surface area contributed by atoms with Gasteiger partial charge in [-0.3, -0.25) is 4.79 Å². The highest BCUT2D eigenvalue weighted by Crippen LogP contribution is 2.07. The molecule has 17 heavy (non-hydrogen) atoms. The van der Waals surface area contributed by atoms with Crippen LogP contribution in [0.4, 0.5) is 0 Å². The first-order valence-corrected chi connectivity index (χ1v) is 5.23. The van der Waals surface area contributed by atoms with Crippen LogP contribution in [0.2, 0.25) is 0 Å². The van der Waals surface area contributed by atoms with Crippen LogP contribution < -0.4 is 5.32 Å². The summed E-state index contributed by atoms with van der Waals surface area (Å²) >= 11 is 0. The first kappa shape index (κ1) is 13.2. The van der Waals surface area contributed by atoms with Crippen LogP contribution >= 0.6 is 0 Å². The average Bonchev–Trinajstić information content (AvgIpc) is 2.72. The smallest absolute Gasteiger partial charge is 0.371 e. The van der Waals surface area contributed by atoms with Gasteiger partial charge in [0.05, 0.1) is 6.54 Å². The second kappa shape index (κ2) is 6.05. The largest absolute Gasteiger partial charge is 0.475 e. The average molecular weight is 240 g/mol. The van der Waals surface area contributed by atoms with Crippen molar-refractivity contribution in [3.05, 3.63) is 23.7 Å². The summed E-state index contributed by atoms with van der Waals surface area (Å²) in [4.78, 5) is 23.3. The van der Waals surface area contributed by atoms with E-state index in [2.05, 4.69) is 5.32 Å². The standard InChI is InChI=1S/C11H16N2O4/c1-13(2)10(14)5-6-12-7-8-3-4-9(17-8)11(15)16/h3-4,12H,5-7H2,1-2H3,(H,15,16). The fourth-order valence-electron chi connectivity index (χ4n) is 1.22. The zero-order chi connectivity index (χ0) is 12.8. The molecule has 0 radical (unpaired) electrons. The lowest BCUT2D eigenvalue weighted by atomic mass is 10.3. The second-order valence-corrected chi connectivity index (χ2v) is 3.79. The summed E-state index contributed by atoms with van der Waals surface area (Å²) < 4.78 is 5.04. The van der Waals surface area contributed by atoms with E-state index in [0.29, 0.717) is 25.3 Å². The Balaban J connectivity index is 2.26. The SMILES string of the molecule is CN(C)C(=O)CCNCc1ccc(C(=O)O)o1. The quantitative estimate of drug-likeness (QED) is 0.709. The van der Waals surface area contributed by atoms with E-state index in [1.54, 1.807) is 20.2 Å². The number of amides is 1. The molecule has 0 saturated carbocycles. The Hall–Kier alpha value is -1.82. The number of rotatable bonds is 6. The molecule has 0 aliphatic heterocycles. The lowest BCUT2D eigenvalue weighted by Crippen LogP contribution is -2.26. The maximum atomic E-state index is 11.2. The highest BCUT2D eigenvalue weighted by atomic mass is 16.4. The van der Waals surface area contributed by atoms with Crippen LogP contribution in [0.25, 0.3) is 0 Å². The van der Waals surface area contributed by atoms with Crippen LogP contribution in [-0.4, -0.2) is 42.5 Å². The molecular formula is C11H16N2O4. The van der Waals surface area contributed by atoms with Crippen molar-refractivity contribution < 1.29 is 19.1 Å². The van der Waals surface area contributed by atoms with Gasteiger partial charge in [-0.1, -0.05) is 0 Å². The number of aromatic carboxylic acids is 1. The predicted octanol–water partition coefficient (Wildman–Crippen LogP) is 0.546. The van der Waals surface area contributed by atoms with Gasteiger partial charge in [0.15, 0.2) is 0 Å². The lowest BCUT2D eigenvalue weighted by Gasteiger charge is -2.09. The summed E-state index contributed by atoms with van der Waals surface area (Å²) in [7, 11) is 3.40. The molecule has 0 fully saturated rings. The van der Waals surface area contributed by atoms with Gasteiger partial charge in [0.25, 0.3) is 0 Å². The van der Waals surface area contributed by atoms with E-state index < -0.39 is 5.97 Å². The third-order valence-corrected chi connectivity index (χ3v) is 2.19. The molecule has 6 heteroatoms. The highest BCUT2D eigenvalue weighted by molar-refractivity contribution is 5.84. The van der Waals surface area contributed by atoms with Crippen molar-refractivity contribution in [2.75, 3.05) is 20.6 Å². The van der Waals surface area contributed by atoms with Gasteiger partial charge in [0.1, 0.15) is 5.76 Å². The van der Waals surface area contributed by atoms with E-state index in [4.69, 9.17) is 9.52 Å². The van der Waals surface area contributed by atoms with Crippen LogP contribution in [0.15, 0.2) is 16.5 Å². The lowest BCUT2D eigenvalue weighted by molar-refractivity contribution is -0.128. The summed E-state index contributed by atoms with van der Waals surface area (Å²) in [5.74, 6) is -0.576. The molecule has 0 aliphatic carbocycles. The van der Waals surface area contributed by atoms with Crippen LogP contribution in [0.5, 0.6) is 0 Å².